The Hall–Kier alpha value is -3.16. The number of piperidine rings is 1. The Morgan fingerprint density at radius 2 is 1.78 bits per heavy atom. The molecule has 1 fully saturated rings. The van der Waals surface area contributed by atoms with Gasteiger partial charge in [0.15, 0.2) is 5.65 Å². The van der Waals surface area contributed by atoms with E-state index >= 15 is 4.39 Å². The van der Waals surface area contributed by atoms with Crippen molar-refractivity contribution in [2.24, 2.45) is 0 Å². The van der Waals surface area contributed by atoms with Gasteiger partial charge in [-0.05, 0) is 67.4 Å². The van der Waals surface area contributed by atoms with E-state index in [1.807, 2.05) is 48.3 Å². The van der Waals surface area contributed by atoms with E-state index in [4.69, 9.17) is 11.6 Å². The van der Waals surface area contributed by atoms with E-state index in [0.717, 1.165) is 67.3 Å². The first-order chi connectivity index (χ1) is 17.5. The Morgan fingerprint density at radius 1 is 1.00 bits per heavy atom. The topological polar surface area (TPSA) is 39.9 Å². The van der Waals surface area contributed by atoms with Crippen molar-refractivity contribution in [2.75, 3.05) is 43.0 Å². The average Bonchev–Trinajstić information content (AvgIpc) is 3.38. The molecule has 2 aromatic heterocycles. The minimum atomic E-state index is -0.284. The van der Waals surface area contributed by atoms with Gasteiger partial charge in [0.2, 0.25) is 0 Å². The predicted octanol–water partition coefficient (Wildman–Crippen LogP) is 6.27. The fraction of sp³-hybridized carbons (Fsp3) is 0.357. The summed E-state index contributed by atoms with van der Waals surface area (Å²) in [6.45, 7) is 8.28. The normalized spacial score (nSPS) is 14.7. The number of nitrogens with zero attached hydrogens (tertiary/aromatic N) is 6. The van der Waals surface area contributed by atoms with Crippen LogP contribution in [0.15, 0.2) is 60.9 Å². The van der Waals surface area contributed by atoms with Gasteiger partial charge >= 0.3 is 0 Å². The molecule has 0 N–H and O–H groups in total. The van der Waals surface area contributed by atoms with Gasteiger partial charge in [-0.25, -0.2) is 9.37 Å². The molecular formula is C28H32ClFN6. The third kappa shape index (κ3) is 4.65. The van der Waals surface area contributed by atoms with Crippen molar-refractivity contribution in [1.82, 2.24) is 19.5 Å². The maximum absolute atomic E-state index is 16.1. The van der Waals surface area contributed by atoms with E-state index in [9.17, 15) is 0 Å². The zero-order valence-corrected chi connectivity index (χ0v) is 21.8. The van der Waals surface area contributed by atoms with Crippen LogP contribution in [0.5, 0.6) is 0 Å². The second kappa shape index (κ2) is 10.4. The highest BCUT2D eigenvalue weighted by atomic mass is 35.5. The lowest BCUT2D eigenvalue weighted by Gasteiger charge is -2.40. The summed E-state index contributed by atoms with van der Waals surface area (Å²) in [7, 11) is 1.89. The second-order valence-electron chi connectivity index (χ2n) is 9.24. The van der Waals surface area contributed by atoms with Gasteiger partial charge in [0, 0.05) is 43.5 Å². The minimum Gasteiger partial charge on any atom is -0.370 e. The summed E-state index contributed by atoms with van der Waals surface area (Å²) < 4.78 is 17.8. The molecule has 0 radical (unpaired) electrons. The predicted molar refractivity (Wildman–Crippen MR) is 146 cm³/mol. The number of hydrogen-bond acceptors (Lipinski definition) is 5. The number of aromatic nitrogens is 3. The Kier molecular flexibility index (Phi) is 7.12. The van der Waals surface area contributed by atoms with Gasteiger partial charge in [-0.1, -0.05) is 37.6 Å². The largest absolute Gasteiger partial charge is 0.370 e. The Bertz CT molecular complexity index is 1340. The molecule has 8 heteroatoms. The van der Waals surface area contributed by atoms with Crippen LogP contribution in [0.1, 0.15) is 26.7 Å². The van der Waals surface area contributed by atoms with Crippen molar-refractivity contribution >= 4 is 34.4 Å². The van der Waals surface area contributed by atoms with E-state index in [-0.39, 0.29) is 5.82 Å². The van der Waals surface area contributed by atoms with Gasteiger partial charge in [-0.2, -0.15) is 9.61 Å². The molecule has 6 nitrogen and oxygen atoms in total. The summed E-state index contributed by atoms with van der Waals surface area (Å²) in [6, 6.07) is 15.5. The van der Waals surface area contributed by atoms with Crippen LogP contribution in [-0.4, -0.2) is 58.8 Å². The van der Waals surface area contributed by atoms with Gasteiger partial charge in [-0.3, -0.25) is 0 Å². The Labute approximate surface area is 216 Å². The molecule has 188 valence electrons. The van der Waals surface area contributed by atoms with Crippen molar-refractivity contribution in [3.63, 3.8) is 0 Å². The highest BCUT2D eigenvalue weighted by molar-refractivity contribution is 6.30. The van der Waals surface area contributed by atoms with Crippen molar-refractivity contribution in [2.45, 2.75) is 32.7 Å². The van der Waals surface area contributed by atoms with Gasteiger partial charge in [-0.15, -0.1) is 0 Å². The maximum Gasteiger partial charge on any atom is 0.157 e. The summed E-state index contributed by atoms with van der Waals surface area (Å²) in [4.78, 5) is 11.1. The molecule has 0 atom stereocenters. The molecule has 1 aliphatic rings. The van der Waals surface area contributed by atoms with E-state index in [0.29, 0.717) is 16.8 Å². The maximum atomic E-state index is 16.1. The van der Waals surface area contributed by atoms with Crippen LogP contribution in [0.4, 0.5) is 21.6 Å². The van der Waals surface area contributed by atoms with Gasteiger partial charge in [0.1, 0.15) is 17.3 Å². The number of hydrogen-bond donors (Lipinski definition) is 0. The SMILES string of the molecule is CCN(CC)C1CCN(c2cc(-c3cccc(Cl)c3)cc(F)c2N(C)c2ccnc3ccnn23)CC1. The monoisotopic (exact) mass is 506 g/mol. The lowest BCUT2D eigenvalue weighted by atomic mass is 9.99. The smallest absolute Gasteiger partial charge is 0.157 e. The molecule has 0 amide bonds. The van der Waals surface area contributed by atoms with Crippen LogP contribution in [0, 0.1) is 5.82 Å². The number of benzene rings is 2. The standard InChI is InChI=1S/C28H32ClFN6/c1-4-34(5-2)23-11-15-35(16-12-23)25-19-21(20-7-6-8-22(29)17-20)18-24(30)28(25)33(3)27-10-13-31-26-9-14-32-36(26)27/h6-10,13-14,17-19,23H,4-5,11-12,15-16H2,1-3H3. The number of anilines is 3. The van der Waals surface area contributed by atoms with E-state index < -0.39 is 0 Å². The van der Waals surface area contributed by atoms with Crippen LogP contribution in [-0.2, 0) is 0 Å². The fourth-order valence-corrected chi connectivity index (χ4v) is 5.58. The highest BCUT2D eigenvalue weighted by Crippen LogP contribution is 2.41. The Balaban J connectivity index is 1.58. The molecule has 5 rings (SSSR count). The van der Waals surface area contributed by atoms with Crippen LogP contribution < -0.4 is 9.80 Å². The third-order valence-corrected chi connectivity index (χ3v) is 7.52. The minimum absolute atomic E-state index is 0.284. The summed E-state index contributed by atoms with van der Waals surface area (Å²) in [5.74, 6) is 0.464. The van der Waals surface area contributed by atoms with E-state index in [1.54, 1.807) is 23.0 Å². The van der Waals surface area contributed by atoms with Crippen molar-refractivity contribution < 1.29 is 4.39 Å². The summed E-state index contributed by atoms with van der Waals surface area (Å²) in [5.41, 5.74) is 3.84. The number of rotatable bonds is 7. The third-order valence-electron chi connectivity index (χ3n) is 7.28. The molecular weight excluding hydrogens is 475 g/mol. The molecule has 1 saturated heterocycles. The van der Waals surface area contributed by atoms with Gasteiger partial charge < -0.3 is 14.7 Å². The van der Waals surface area contributed by atoms with E-state index in [2.05, 4.69) is 39.8 Å². The molecule has 0 bridgehead atoms. The number of halogens is 2. The van der Waals surface area contributed by atoms with Crippen molar-refractivity contribution in [3.8, 4) is 11.1 Å². The highest BCUT2D eigenvalue weighted by Gasteiger charge is 2.28. The molecule has 1 aliphatic heterocycles. The molecule has 0 saturated carbocycles. The van der Waals surface area contributed by atoms with Crippen LogP contribution in [0.25, 0.3) is 16.8 Å². The second-order valence-corrected chi connectivity index (χ2v) is 9.68. The molecule has 36 heavy (non-hydrogen) atoms. The number of fused-ring (bicyclic) bond motifs is 1. The summed E-state index contributed by atoms with van der Waals surface area (Å²) in [5, 5.41) is 5.05. The van der Waals surface area contributed by atoms with Crippen molar-refractivity contribution in [3.05, 3.63) is 71.8 Å². The molecule has 0 spiro atoms. The summed E-state index contributed by atoms with van der Waals surface area (Å²) in [6.07, 6.45) is 5.53. The fourth-order valence-electron chi connectivity index (χ4n) is 5.39. The van der Waals surface area contributed by atoms with Crippen LogP contribution in [0.3, 0.4) is 0 Å². The molecule has 0 unspecified atom stereocenters. The Morgan fingerprint density at radius 3 is 2.50 bits per heavy atom. The molecule has 2 aromatic carbocycles. The first kappa shape index (κ1) is 24.5. The molecule has 0 aliphatic carbocycles. The zero-order chi connectivity index (χ0) is 25.2. The lowest BCUT2D eigenvalue weighted by molar-refractivity contribution is 0.186. The summed E-state index contributed by atoms with van der Waals surface area (Å²) >= 11 is 6.27. The van der Waals surface area contributed by atoms with Gasteiger partial charge in [0.25, 0.3) is 0 Å². The first-order valence-corrected chi connectivity index (χ1v) is 13.0. The average molecular weight is 507 g/mol. The quantitative estimate of drug-likeness (QED) is 0.295. The lowest BCUT2D eigenvalue weighted by Crippen LogP contribution is -2.45. The van der Waals surface area contributed by atoms with Crippen molar-refractivity contribution in [1.29, 1.82) is 0 Å². The first-order valence-electron chi connectivity index (χ1n) is 12.6. The molecule has 4 aromatic rings. The van der Waals surface area contributed by atoms with Crippen LogP contribution >= 0.6 is 11.6 Å². The molecule has 3 heterocycles. The van der Waals surface area contributed by atoms with Crippen LogP contribution in [0.2, 0.25) is 5.02 Å². The zero-order valence-electron chi connectivity index (χ0n) is 21.0. The van der Waals surface area contributed by atoms with E-state index in [1.165, 1.54) is 0 Å². The van der Waals surface area contributed by atoms with Gasteiger partial charge in [0.05, 0.1) is 11.9 Å².